The van der Waals surface area contributed by atoms with Crippen LogP contribution in [-0.2, 0) is 33.3 Å². The molecule has 1 rings (SSSR count). The van der Waals surface area contributed by atoms with E-state index in [1.165, 1.54) is 13.2 Å². The molecule has 0 saturated carbocycles. The van der Waals surface area contributed by atoms with Gasteiger partial charge in [0, 0.05) is 64.6 Å². The Labute approximate surface area is 307 Å². The molecule has 0 aromatic heterocycles. The first-order valence-corrected chi connectivity index (χ1v) is 18.5. The van der Waals surface area contributed by atoms with Gasteiger partial charge < -0.3 is 39.0 Å². The predicted octanol–water partition coefficient (Wildman–Crippen LogP) is 4.89. The second-order valence-electron chi connectivity index (χ2n) is 14.5. The van der Waals surface area contributed by atoms with Crippen LogP contribution in [0, 0.1) is 29.6 Å². The molecule has 0 aliphatic carbocycles. The van der Waals surface area contributed by atoms with Gasteiger partial charge in [0.2, 0.25) is 0 Å². The van der Waals surface area contributed by atoms with Gasteiger partial charge in [0.1, 0.15) is 18.2 Å². The number of rotatable bonds is 11. The van der Waals surface area contributed by atoms with Gasteiger partial charge in [0.05, 0.1) is 31.0 Å². The topological polar surface area (TPSA) is 144 Å². The third-order valence-corrected chi connectivity index (χ3v) is 10.1. The van der Waals surface area contributed by atoms with Crippen molar-refractivity contribution in [3.63, 3.8) is 0 Å². The minimum Gasteiger partial charge on any atom is -0.460 e. The number of carbonyl (C=O) groups excluding carboxylic acids is 2. The van der Waals surface area contributed by atoms with Crippen LogP contribution in [0.4, 0.5) is 0 Å². The summed E-state index contributed by atoms with van der Waals surface area (Å²) in [5, 5.41) is 31.9. The smallest absolute Gasteiger partial charge is 0.331 e. The van der Waals surface area contributed by atoms with Gasteiger partial charge >= 0.3 is 11.9 Å². The maximum absolute atomic E-state index is 13.3. The number of allylic oxidation sites excluding steroid dienone is 3. The number of hydrogen-bond acceptors (Lipinski definition) is 11. The summed E-state index contributed by atoms with van der Waals surface area (Å²) in [7, 11) is 8.45. The molecule has 51 heavy (non-hydrogen) atoms. The van der Waals surface area contributed by atoms with E-state index in [1.807, 2.05) is 32.9 Å². The minimum absolute atomic E-state index is 0.0949. The molecule has 0 aromatic carbocycles. The Morgan fingerprint density at radius 1 is 0.961 bits per heavy atom. The number of aliphatic hydroxyl groups excluding tert-OH is 3. The van der Waals surface area contributed by atoms with Crippen LogP contribution in [0.15, 0.2) is 48.6 Å². The fourth-order valence-corrected chi connectivity index (χ4v) is 6.22. The van der Waals surface area contributed by atoms with Crippen molar-refractivity contribution in [1.29, 1.82) is 0 Å². The highest BCUT2D eigenvalue weighted by Gasteiger charge is 2.33. The molecule has 0 spiro atoms. The number of esters is 2. The second-order valence-corrected chi connectivity index (χ2v) is 14.5. The molecule has 1 aliphatic rings. The molecule has 0 saturated heterocycles. The Morgan fingerprint density at radius 2 is 1.61 bits per heavy atom. The first kappa shape index (κ1) is 46.6. The zero-order chi connectivity index (χ0) is 38.5. The highest BCUT2D eigenvalue weighted by molar-refractivity contribution is 5.82. The van der Waals surface area contributed by atoms with Crippen molar-refractivity contribution >= 4 is 11.9 Å². The lowest BCUT2D eigenvalue weighted by molar-refractivity contribution is -0.161. The highest BCUT2D eigenvalue weighted by atomic mass is 16.6. The van der Waals surface area contributed by atoms with E-state index in [-0.39, 0.29) is 31.3 Å². The number of carbonyl (C=O) groups is 2. The minimum atomic E-state index is -0.881. The van der Waals surface area contributed by atoms with Crippen molar-refractivity contribution in [2.45, 2.75) is 116 Å². The molecule has 3 N–H and O–H groups in total. The van der Waals surface area contributed by atoms with Crippen molar-refractivity contribution in [2.75, 3.05) is 48.6 Å². The summed E-state index contributed by atoms with van der Waals surface area (Å²) in [5.41, 5.74) is 0. The summed E-state index contributed by atoms with van der Waals surface area (Å²) in [6, 6.07) is -0.611. The van der Waals surface area contributed by atoms with E-state index in [4.69, 9.17) is 23.7 Å². The molecule has 0 bridgehead atoms. The number of ether oxygens (including phenoxy) is 5. The number of hydrogen-bond donors (Lipinski definition) is 3. The fraction of sp³-hybridized carbons (Fsp3) is 0.750. The lowest BCUT2D eigenvalue weighted by Gasteiger charge is -2.32. The number of methoxy groups -OCH3 is 3. The van der Waals surface area contributed by atoms with Gasteiger partial charge in [-0.25, -0.2) is 4.79 Å². The summed E-state index contributed by atoms with van der Waals surface area (Å²) in [6.07, 6.45) is 15.0. The molecular weight excluding hydrogens is 654 g/mol. The van der Waals surface area contributed by atoms with Crippen LogP contribution in [0.1, 0.15) is 73.1 Å². The first-order chi connectivity index (χ1) is 24.2. The van der Waals surface area contributed by atoms with E-state index in [9.17, 15) is 24.9 Å². The summed E-state index contributed by atoms with van der Waals surface area (Å²) >= 11 is 0. The van der Waals surface area contributed by atoms with Gasteiger partial charge in [0.25, 0.3) is 0 Å². The predicted molar refractivity (Wildman–Crippen MR) is 200 cm³/mol. The van der Waals surface area contributed by atoms with E-state index >= 15 is 0 Å². The third-order valence-electron chi connectivity index (χ3n) is 10.1. The average Bonchev–Trinajstić information content (AvgIpc) is 3.11. The van der Waals surface area contributed by atoms with Gasteiger partial charge in [-0.3, -0.25) is 9.69 Å². The van der Waals surface area contributed by atoms with Crippen molar-refractivity contribution < 1.29 is 48.6 Å². The zero-order valence-electron chi connectivity index (χ0n) is 32.9. The Hall–Kier alpha value is -2.38. The molecule has 0 radical (unpaired) electrons. The molecule has 11 heteroatoms. The molecule has 11 nitrogen and oxygen atoms in total. The second kappa shape index (κ2) is 25.6. The lowest BCUT2D eigenvalue weighted by Crippen LogP contribution is -2.44. The van der Waals surface area contributed by atoms with Crippen LogP contribution in [0.5, 0.6) is 0 Å². The van der Waals surface area contributed by atoms with E-state index in [0.29, 0.717) is 25.2 Å². The van der Waals surface area contributed by atoms with Crippen LogP contribution >= 0.6 is 0 Å². The van der Waals surface area contributed by atoms with Crippen LogP contribution in [0.3, 0.4) is 0 Å². The monoisotopic (exact) mass is 723 g/mol. The molecule has 0 unspecified atom stereocenters. The molecule has 1 aliphatic heterocycles. The Morgan fingerprint density at radius 3 is 2.22 bits per heavy atom. The molecule has 0 amide bonds. The quantitative estimate of drug-likeness (QED) is 0.198. The normalized spacial score (nSPS) is 33.1. The molecular formula is C40H69NO10. The molecule has 12 atom stereocenters. The number of cyclic esters (lactones) is 1. The highest BCUT2D eigenvalue weighted by Crippen LogP contribution is 2.27. The van der Waals surface area contributed by atoms with Crippen LogP contribution in [-0.4, -0.2) is 123 Å². The van der Waals surface area contributed by atoms with Crippen molar-refractivity contribution in [3.8, 4) is 0 Å². The lowest BCUT2D eigenvalue weighted by atomic mass is 9.85. The fourth-order valence-electron chi connectivity index (χ4n) is 6.22. The van der Waals surface area contributed by atoms with E-state index < -0.39 is 60.2 Å². The standard InChI is InChI=1S/C40H69NO10/c1-27-16-14-17-32(48-9)23-22-28(2)38(44)31(5)36(51-40(46)34(26-47-8)41(6)7)19-12-11-13-21-37(43)50-35(20-15-18-33(24-27)49-10)30(4)39(45)29(3)25-42/h11-15,17-18,21,27-36,38-39,42,44-45H,16,19-20,22-26H2,1-10H3/b12-11+,17-14+,18-15+,21-13+/t27-,28-,29+,30-,31-,32-,33+,34+,35+,36-,38-,39+/m1/s1. The van der Waals surface area contributed by atoms with Gasteiger partial charge in [-0.1, -0.05) is 77.2 Å². The summed E-state index contributed by atoms with van der Waals surface area (Å²) < 4.78 is 28.6. The first-order valence-electron chi connectivity index (χ1n) is 18.5. The number of nitrogens with zero attached hydrogens (tertiary/aromatic N) is 1. The van der Waals surface area contributed by atoms with Gasteiger partial charge in [0.15, 0.2) is 0 Å². The summed E-state index contributed by atoms with van der Waals surface area (Å²) in [6.45, 7) is 9.57. The number of aliphatic hydroxyl groups is 3. The van der Waals surface area contributed by atoms with Gasteiger partial charge in [-0.05, 0) is 51.6 Å². The summed E-state index contributed by atoms with van der Waals surface area (Å²) in [4.78, 5) is 27.9. The molecule has 0 fully saturated rings. The summed E-state index contributed by atoms with van der Waals surface area (Å²) in [5.74, 6) is -2.03. The zero-order valence-corrected chi connectivity index (χ0v) is 32.9. The van der Waals surface area contributed by atoms with Gasteiger partial charge in [-0.15, -0.1) is 0 Å². The molecule has 294 valence electrons. The Balaban J connectivity index is 3.42. The SMILES string of the molecule is COC[C@@H](C(=O)O[C@@H]1C/C=C/C=C/C(=O)O[C@H]([C@@H](C)[C@@H](O)[C@@H](C)CO)C/C=C/[C@H](OC)C[C@H](C)C/C=C/[C@@H](OC)CC[C@@H](C)[C@@H](O)[C@@H]1C)N(C)C. The Bertz CT molecular complexity index is 1090. The van der Waals surface area contributed by atoms with Gasteiger partial charge in [-0.2, -0.15) is 0 Å². The van der Waals surface area contributed by atoms with E-state index in [0.717, 1.165) is 19.3 Å². The average molecular weight is 724 g/mol. The van der Waals surface area contributed by atoms with Crippen molar-refractivity contribution in [3.05, 3.63) is 48.6 Å². The van der Waals surface area contributed by atoms with Crippen molar-refractivity contribution in [1.82, 2.24) is 4.90 Å². The van der Waals surface area contributed by atoms with Crippen molar-refractivity contribution in [2.24, 2.45) is 29.6 Å². The Kier molecular flexibility index (Phi) is 23.4. The van der Waals surface area contributed by atoms with E-state index in [1.54, 1.807) is 58.4 Å². The largest absolute Gasteiger partial charge is 0.460 e. The van der Waals surface area contributed by atoms with E-state index in [2.05, 4.69) is 19.1 Å². The maximum Gasteiger partial charge on any atom is 0.331 e. The maximum atomic E-state index is 13.3. The molecule has 0 aromatic rings. The number of likely N-dealkylation sites (N-methyl/N-ethyl adjacent to an activating group) is 1. The molecule has 1 heterocycles. The van der Waals surface area contributed by atoms with Crippen LogP contribution < -0.4 is 0 Å². The van der Waals surface area contributed by atoms with Crippen LogP contribution in [0.2, 0.25) is 0 Å². The third kappa shape index (κ3) is 17.3. The van der Waals surface area contributed by atoms with Crippen LogP contribution in [0.25, 0.3) is 0 Å².